The highest BCUT2D eigenvalue weighted by atomic mass is 32.2. The first-order valence-electron chi connectivity index (χ1n) is 4.63. The summed E-state index contributed by atoms with van der Waals surface area (Å²) in [5, 5.41) is 12.4. The molecule has 0 saturated heterocycles. The summed E-state index contributed by atoms with van der Waals surface area (Å²) in [6, 6.07) is -0.145. The SMILES string of the molecule is CCN(C)C(=O)NCC(C)(O)CSC. The maximum Gasteiger partial charge on any atom is 0.317 e. The Bertz CT molecular complexity index is 186. The number of urea groups is 1. The summed E-state index contributed by atoms with van der Waals surface area (Å²) < 4.78 is 0. The van der Waals surface area contributed by atoms with Crippen molar-refractivity contribution in [2.45, 2.75) is 19.4 Å². The lowest BCUT2D eigenvalue weighted by Gasteiger charge is -2.24. The van der Waals surface area contributed by atoms with E-state index >= 15 is 0 Å². The van der Waals surface area contributed by atoms with Crippen LogP contribution in [0.25, 0.3) is 0 Å². The lowest BCUT2D eigenvalue weighted by atomic mass is 10.1. The quantitative estimate of drug-likeness (QED) is 0.719. The van der Waals surface area contributed by atoms with Gasteiger partial charge >= 0.3 is 6.03 Å². The Kier molecular flexibility index (Phi) is 5.95. The van der Waals surface area contributed by atoms with E-state index in [1.165, 1.54) is 0 Å². The highest BCUT2D eigenvalue weighted by Crippen LogP contribution is 2.08. The van der Waals surface area contributed by atoms with E-state index in [0.29, 0.717) is 12.3 Å². The van der Waals surface area contributed by atoms with Gasteiger partial charge in [-0.2, -0.15) is 11.8 Å². The molecule has 0 radical (unpaired) electrons. The van der Waals surface area contributed by atoms with E-state index < -0.39 is 5.60 Å². The van der Waals surface area contributed by atoms with Gasteiger partial charge in [0.1, 0.15) is 0 Å². The Morgan fingerprint density at radius 3 is 2.64 bits per heavy atom. The van der Waals surface area contributed by atoms with Gasteiger partial charge in [0.2, 0.25) is 0 Å². The standard InChI is InChI=1S/C9H20N2O2S/c1-5-11(3)8(12)10-6-9(2,13)7-14-4/h13H,5-7H2,1-4H3,(H,10,12). The number of rotatable bonds is 5. The first-order chi connectivity index (χ1) is 6.43. The molecule has 0 heterocycles. The highest BCUT2D eigenvalue weighted by Gasteiger charge is 2.20. The number of carbonyl (C=O) groups is 1. The van der Waals surface area contributed by atoms with Crippen molar-refractivity contribution in [2.75, 3.05) is 32.1 Å². The van der Waals surface area contributed by atoms with Gasteiger partial charge in [-0.25, -0.2) is 4.79 Å². The van der Waals surface area contributed by atoms with Gasteiger partial charge in [-0.1, -0.05) is 0 Å². The Hall–Kier alpha value is -0.420. The van der Waals surface area contributed by atoms with Crippen LogP contribution in [0.15, 0.2) is 0 Å². The molecule has 0 saturated carbocycles. The second-order valence-corrected chi connectivity index (χ2v) is 4.47. The minimum Gasteiger partial charge on any atom is -0.387 e. The van der Waals surface area contributed by atoms with Crippen LogP contribution in [-0.2, 0) is 0 Å². The Morgan fingerprint density at radius 1 is 1.64 bits per heavy atom. The molecule has 0 bridgehead atoms. The van der Waals surface area contributed by atoms with Crippen LogP contribution in [0.3, 0.4) is 0 Å². The van der Waals surface area contributed by atoms with E-state index in [9.17, 15) is 9.90 Å². The minimum absolute atomic E-state index is 0.145. The maximum atomic E-state index is 11.3. The fourth-order valence-corrected chi connectivity index (χ4v) is 1.63. The molecule has 1 unspecified atom stereocenters. The summed E-state index contributed by atoms with van der Waals surface area (Å²) in [5.41, 5.74) is -0.830. The molecule has 2 amide bonds. The number of hydrogen-bond acceptors (Lipinski definition) is 3. The molecule has 0 aromatic rings. The predicted octanol–water partition coefficient (Wildman–Crippen LogP) is 0.762. The lowest BCUT2D eigenvalue weighted by Crippen LogP contribution is -2.46. The van der Waals surface area contributed by atoms with Crippen LogP contribution in [0, 0.1) is 0 Å². The summed E-state index contributed by atoms with van der Waals surface area (Å²) >= 11 is 1.56. The summed E-state index contributed by atoms with van der Waals surface area (Å²) in [6.45, 7) is 4.57. The minimum atomic E-state index is -0.830. The van der Waals surface area contributed by atoms with E-state index in [4.69, 9.17) is 0 Å². The molecule has 2 N–H and O–H groups in total. The molecule has 0 aromatic heterocycles. The number of nitrogens with zero attached hydrogens (tertiary/aromatic N) is 1. The van der Waals surface area contributed by atoms with Gasteiger partial charge in [-0.15, -0.1) is 0 Å². The van der Waals surface area contributed by atoms with Crippen molar-refractivity contribution in [3.8, 4) is 0 Å². The monoisotopic (exact) mass is 220 g/mol. The maximum absolute atomic E-state index is 11.3. The molecule has 84 valence electrons. The second kappa shape index (κ2) is 6.14. The normalized spacial score (nSPS) is 14.6. The van der Waals surface area contributed by atoms with E-state index in [1.807, 2.05) is 13.2 Å². The van der Waals surface area contributed by atoms with Gasteiger partial charge < -0.3 is 15.3 Å². The van der Waals surface area contributed by atoms with E-state index in [2.05, 4.69) is 5.32 Å². The molecular weight excluding hydrogens is 200 g/mol. The fourth-order valence-electron chi connectivity index (χ4n) is 0.907. The molecule has 4 nitrogen and oxygen atoms in total. The molecule has 0 aliphatic rings. The van der Waals surface area contributed by atoms with Crippen LogP contribution >= 0.6 is 11.8 Å². The van der Waals surface area contributed by atoms with Crippen molar-refractivity contribution in [3.63, 3.8) is 0 Å². The largest absolute Gasteiger partial charge is 0.387 e. The number of nitrogens with one attached hydrogen (secondary N) is 1. The van der Waals surface area contributed by atoms with E-state index in [1.54, 1.807) is 30.6 Å². The third kappa shape index (κ3) is 5.34. The zero-order valence-electron chi connectivity index (χ0n) is 9.33. The van der Waals surface area contributed by atoms with Gasteiger partial charge in [0.25, 0.3) is 0 Å². The van der Waals surface area contributed by atoms with Crippen LogP contribution in [0.2, 0.25) is 0 Å². The number of aliphatic hydroxyl groups is 1. The Balaban J connectivity index is 3.87. The molecule has 0 aliphatic carbocycles. The predicted molar refractivity (Wildman–Crippen MR) is 60.7 cm³/mol. The molecule has 0 aromatic carbocycles. The summed E-state index contributed by atoms with van der Waals surface area (Å²) in [7, 11) is 1.72. The summed E-state index contributed by atoms with van der Waals surface area (Å²) in [4.78, 5) is 12.9. The average Bonchev–Trinajstić information content (AvgIpc) is 2.13. The number of thioether (sulfide) groups is 1. The second-order valence-electron chi connectivity index (χ2n) is 3.60. The third-order valence-electron chi connectivity index (χ3n) is 1.90. The topological polar surface area (TPSA) is 52.6 Å². The van der Waals surface area contributed by atoms with Gasteiger partial charge in [-0.05, 0) is 20.1 Å². The van der Waals surface area contributed by atoms with Gasteiger partial charge in [0.05, 0.1) is 5.60 Å². The zero-order valence-corrected chi connectivity index (χ0v) is 10.1. The molecule has 0 aliphatic heterocycles. The van der Waals surface area contributed by atoms with Gasteiger partial charge in [0, 0.05) is 25.9 Å². The van der Waals surface area contributed by atoms with Crippen molar-refractivity contribution in [2.24, 2.45) is 0 Å². The van der Waals surface area contributed by atoms with Crippen LogP contribution in [-0.4, -0.2) is 53.8 Å². The molecule has 1 atom stereocenters. The summed E-state index contributed by atoms with van der Waals surface area (Å²) in [6.07, 6.45) is 1.93. The molecular formula is C9H20N2O2S. The smallest absolute Gasteiger partial charge is 0.317 e. The van der Waals surface area contributed by atoms with Crippen molar-refractivity contribution in [3.05, 3.63) is 0 Å². The van der Waals surface area contributed by atoms with Crippen LogP contribution in [0.1, 0.15) is 13.8 Å². The van der Waals surface area contributed by atoms with Crippen LogP contribution in [0.5, 0.6) is 0 Å². The molecule has 0 fully saturated rings. The van der Waals surface area contributed by atoms with Crippen molar-refractivity contribution < 1.29 is 9.90 Å². The van der Waals surface area contributed by atoms with Crippen molar-refractivity contribution in [1.82, 2.24) is 10.2 Å². The van der Waals surface area contributed by atoms with Crippen LogP contribution < -0.4 is 5.32 Å². The Labute approximate surface area is 90.0 Å². The van der Waals surface area contributed by atoms with Gasteiger partial charge in [-0.3, -0.25) is 0 Å². The number of carbonyl (C=O) groups excluding carboxylic acids is 1. The van der Waals surface area contributed by atoms with E-state index in [-0.39, 0.29) is 12.6 Å². The number of hydrogen-bond donors (Lipinski definition) is 2. The third-order valence-corrected chi connectivity index (χ3v) is 2.81. The molecule has 14 heavy (non-hydrogen) atoms. The Morgan fingerprint density at radius 2 is 2.21 bits per heavy atom. The average molecular weight is 220 g/mol. The highest BCUT2D eigenvalue weighted by molar-refractivity contribution is 7.98. The van der Waals surface area contributed by atoms with Crippen molar-refractivity contribution in [1.29, 1.82) is 0 Å². The zero-order chi connectivity index (χ0) is 11.2. The fraction of sp³-hybridized carbons (Fsp3) is 0.889. The molecule has 5 heteroatoms. The van der Waals surface area contributed by atoms with Crippen molar-refractivity contribution >= 4 is 17.8 Å². The van der Waals surface area contributed by atoms with Gasteiger partial charge in [0.15, 0.2) is 0 Å². The van der Waals surface area contributed by atoms with Crippen LogP contribution in [0.4, 0.5) is 4.79 Å². The first kappa shape index (κ1) is 13.6. The lowest BCUT2D eigenvalue weighted by molar-refractivity contribution is 0.0851. The summed E-state index contributed by atoms with van der Waals surface area (Å²) in [5.74, 6) is 0.614. The first-order valence-corrected chi connectivity index (χ1v) is 6.02. The number of amides is 2. The molecule has 0 spiro atoms. The molecule has 0 rings (SSSR count). The van der Waals surface area contributed by atoms with E-state index in [0.717, 1.165) is 0 Å².